The highest BCUT2D eigenvalue weighted by Crippen LogP contribution is 2.32. The first-order chi connectivity index (χ1) is 17.9. The summed E-state index contributed by atoms with van der Waals surface area (Å²) in [5, 5.41) is 12.0. The van der Waals surface area contributed by atoms with Gasteiger partial charge in [0, 0.05) is 32.8 Å². The fourth-order valence-corrected chi connectivity index (χ4v) is 5.08. The molecule has 37 heavy (non-hydrogen) atoms. The summed E-state index contributed by atoms with van der Waals surface area (Å²) in [5.74, 6) is 0.836. The molecule has 0 atom stereocenters. The van der Waals surface area contributed by atoms with Crippen LogP contribution in [0.5, 0.6) is 5.75 Å². The van der Waals surface area contributed by atoms with Crippen molar-refractivity contribution in [3.63, 3.8) is 0 Å². The standard InChI is InChI=1S/C27H24N4O3S3/c1-17(32)18-10-12-19(13-11-18)28-26(35)29-20-6-5-7-21(14-20)36-16-25(33)31-27-30-23(15-37-27)22-8-3-4-9-24(22)34-2/h3-15H,16H2,1-2H3,(H2,28,29,35)(H,30,31,33). The Morgan fingerprint density at radius 2 is 1.73 bits per heavy atom. The van der Waals surface area contributed by atoms with Crippen molar-refractivity contribution >= 4 is 68.6 Å². The Hall–Kier alpha value is -3.73. The number of ketones is 1. The number of thioether (sulfide) groups is 1. The van der Waals surface area contributed by atoms with Crippen LogP contribution in [0.1, 0.15) is 17.3 Å². The molecule has 0 unspecified atom stereocenters. The molecule has 1 heterocycles. The average molecular weight is 549 g/mol. The third-order valence-corrected chi connectivity index (χ3v) is 7.10. The molecule has 1 aromatic heterocycles. The van der Waals surface area contributed by atoms with E-state index in [-0.39, 0.29) is 17.4 Å². The minimum Gasteiger partial charge on any atom is -0.496 e. The number of thiocarbonyl (C=S) groups is 1. The number of hydrogen-bond donors (Lipinski definition) is 3. The Kier molecular flexibility index (Phi) is 8.89. The summed E-state index contributed by atoms with van der Waals surface area (Å²) in [5.41, 5.74) is 3.85. The highest BCUT2D eigenvalue weighted by Gasteiger charge is 2.12. The van der Waals surface area contributed by atoms with Crippen LogP contribution in [0.4, 0.5) is 16.5 Å². The van der Waals surface area contributed by atoms with Crippen LogP contribution in [0.15, 0.2) is 83.1 Å². The molecular formula is C27H24N4O3S3. The molecular weight excluding hydrogens is 525 g/mol. The Morgan fingerprint density at radius 3 is 2.49 bits per heavy atom. The van der Waals surface area contributed by atoms with Crippen LogP contribution in [-0.4, -0.2) is 34.6 Å². The second kappa shape index (κ2) is 12.5. The molecule has 0 aliphatic heterocycles. The molecule has 0 spiro atoms. The number of para-hydroxylation sites is 1. The number of amides is 1. The summed E-state index contributed by atoms with van der Waals surface area (Å²) in [4.78, 5) is 29.4. The lowest BCUT2D eigenvalue weighted by atomic mass is 10.1. The van der Waals surface area contributed by atoms with Crippen molar-refractivity contribution in [2.45, 2.75) is 11.8 Å². The van der Waals surface area contributed by atoms with Crippen molar-refractivity contribution in [3.05, 3.63) is 83.7 Å². The summed E-state index contributed by atoms with van der Waals surface area (Å²) < 4.78 is 5.40. The maximum absolute atomic E-state index is 12.5. The molecule has 0 radical (unpaired) electrons. The number of aromatic nitrogens is 1. The lowest BCUT2D eigenvalue weighted by Gasteiger charge is -2.12. The lowest BCUT2D eigenvalue weighted by Crippen LogP contribution is -2.19. The van der Waals surface area contributed by atoms with Gasteiger partial charge in [-0.25, -0.2) is 4.98 Å². The van der Waals surface area contributed by atoms with Crippen molar-refractivity contribution in [2.24, 2.45) is 0 Å². The van der Waals surface area contributed by atoms with Gasteiger partial charge in [0.2, 0.25) is 5.91 Å². The quantitative estimate of drug-likeness (QED) is 0.123. The zero-order valence-corrected chi connectivity index (χ0v) is 22.6. The third kappa shape index (κ3) is 7.39. The number of carbonyl (C=O) groups is 2. The Balaban J connectivity index is 1.28. The number of anilines is 3. The smallest absolute Gasteiger partial charge is 0.236 e. The van der Waals surface area contributed by atoms with Gasteiger partial charge in [-0.15, -0.1) is 23.1 Å². The fourth-order valence-electron chi connectivity index (χ4n) is 3.36. The zero-order chi connectivity index (χ0) is 26.2. The first kappa shape index (κ1) is 26.3. The van der Waals surface area contributed by atoms with E-state index in [1.807, 2.05) is 53.9 Å². The van der Waals surface area contributed by atoms with Gasteiger partial charge in [0.15, 0.2) is 16.0 Å². The first-order valence-electron chi connectivity index (χ1n) is 11.2. The van der Waals surface area contributed by atoms with Crippen LogP contribution in [0.2, 0.25) is 0 Å². The third-order valence-electron chi connectivity index (χ3n) is 5.14. The molecule has 4 rings (SSSR count). The van der Waals surface area contributed by atoms with Gasteiger partial charge in [0.05, 0.1) is 18.6 Å². The van der Waals surface area contributed by atoms with E-state index in [0.717, 1.165) is 33.3 Å². The minimum atomic E-state index is -0.143. The zero-order valence-electron chi connectivity index (χ0n) is 20.1. The number of nitrogens with one attached hydrogen (secondary N) is 3. The summed E-state index contributed by atoms with van der Waals surface area (Å²) in [6.07, 6.45) is 0. The van der Waals surface area contributed by atoms with Gasteiger partial charge in [-0.3, -0.25) is 9.59 Å². The molecule has 1 amide bonds. The number of hydrogen-bond acceptors (Lipinski definition) is 7. The van der Waals surface area contributed by atoms with Crippen molar-refractivity contribution < 1.29 is 14.3 Å². The number of ether oxygens (including phenoxy) is 1. The predicted molar refractivity (Wildman–Crippen MR) is 156 cm³/mol. The van der Waals surface area contributed by atoms with Crippen LogP contribution in [0.25, 0.3) is 11.3 Å². The van der Waals surface area contributed by atoms with E-state index < -0.39 is 0 Å². The number of rotatable bonds is 9. The topological polar surface area (TPSA) is 92.4 Å². The normalized spacial score (nSPS) is 10.4. The molecule has 3 aromatic carbocycles. The fraction of sp³-hybridized carbons (Fsp3) is 0.111. The maximum Gasteiger partial charge on any atom is 0.236 e. The van der Waals surface area contributed by atoms with Gasteiger partial charge >= 0.3 is 0 Å². The molecule has 0 aliphatic carbocycles. The average Bonchev–Trinajstić information content (AvgIpc) is 3.36. The monoisotopic (exact) mass is 548 g/mol. The van der Waals surface area contributed by atoms with Gasteiger partial charge in [0.25, 0.3) is 0 Å². The van der Waals surface area contributed by atoms with E-state index >= 15 is 0 Å². The van der Waals surface area contributed by atoms with Gasteiger partial charge in [-0.2, -0.15) is 0 Å². The molecule has 3 N–H and O–H groups in total. The largest absolute Gasteiger partial charge is 0.496 e. The summed E-state index contributed by atoms with van der Waals surface area (Å²) in [6, 6.07) is 22.4. The van der Waals surface area contributed by atoms with E-state index in [1.54, 1.807) is 31.4 Å². The number of thiazole rings is 1. The van der Waals surface area contributed by atoms with Gasteiger partial charge < -0.3 is 20.7 Å². The van der Waals surface area contributed by atoms with Crippen LogP contribution in [0.3, 0.4) is 0 Å². The van der Waals surface area contributed by atoms with Crippen molar-refractivity contribution in [1.82, 2.24) is 4.98 Å². The molecule has 0 aliphatic rings. The Morgan fingerprint density at radius 1 is 0.973 bits per heavy atom. The second-order valence-electron chi connectivity index (χ2n) is 7.82. The molecule has 7 nitrogen and oxygen atoms in total. The highest BCUT2D eigenvalue weighted by atomic mass is 32.2. The summed E-state index contributed by atoms with van der Waals surface area (Å²) >= 11 is 8.19. The Labute approximate surface area is 228 Å². The molecule has 0 bridgehead atoms. The highest BCUT2D eigenvalue weighted by molar-refractivity contribution is 8.00. The van der Waals surface area contributed by atoms with Crippen molar-refractivity contribution in [1.29, 1.82) is 0 Å². The Bertz CT molecular complexity index is 1420. The van der Waals surface area contributed by atoms with Crippen LogP contribution < -0.4 is 20.7 Å². The molecule has 0 fully saturated rings. The molecule has 4 aromatic rings. The van der Waals surface area contributed by atoms with Crippen LogP contribution >= 0.6 is 35.3 Å². The number of nitrogens with zero attached hydrogens (tertiary/aromatic N) is 1. The van der Waals surface area contributed by atoms with Gasteiger partial charge in [-0.1, -0.05) is 18.2 Å². The van der Waals surface area contributed by atoms with E-state index in [1.165, 1.54) is 30.0 Å². The summed E-state index contributed by atoms with van der Waals surface area (Å²) in [6.45, 7) is 1.53. The predicted octanol–water partition coefficient (Wildman–Crippen LogP) is 6.56. The molecule has 188 valence electrons. The van der Waals surface area contributed by atoms with Crippen molar-refractivity contribution in [2.75, 3.05) is 28.8 Å². The van der Waals surface area contributed by atoms with Crippen LogP contribution in [-0.2, 0) is 4.79 Å². The number of methoxy groups -OCH3 is 1. The van der Waals surface area contributed by atoms with E-state index in [0.29, 0.717) is 15.8 Å². The summed E-state index contributed by atoms with van der Waals surface area (Å²) in [7, 11) is 1.62. The van der Waals surface area contributed by atoms with Gasteiger partial charge in [-0.05, 0) is 73.7 Å². The maximum atomic E-state index is 12.5. The van der Waals surface area contributed by atoms with E-state index in [9.17, 15) is 9.59 Å². The first-order valence-corrected chi connectivity index (χ1v) is 13.5. The molecule has 10 heteroatoms. The SMILES string of the molecule is COc1ccccc1-c1csc(NC(=O)CSc2cccc(NC(=S)Nc3ccc(C(C)=O)cc3)c2)n1. The van der Waals surface area contributed by atoms with Gasteiger partial charge in [0.1, 0.15) is 5.75 Å². The molecule has 0 saturated carbocycles. The van der Waals surface area contributed by atoms with E-state index in [4.69, 9.17) is 17.0 Å². The number of Topliss-reactive ketones (excluding diaryl/α,β-unsaturated/α-hetero) is 1. The minimum absolute atomic E-state index is 0.0134. The second-order valence-corrected chi connectivity index (χ2v) is 10.1. The van der Waals surface area contributed by atoms with Crippen LogP contribution in [0, 0.1) is 0 Å². The van der Waals surface area contributed by atoms with Crippen molar-refractivity contribution in [3.8, 4) is 17.0 Å². The number of benzene rings is 3. The van der Waals surface area contributed by atoms with E-state index in [2.05, 4.69) is 20.9 Å². The number of carbonyl (C=O) groups excluding carboxylic acids is 2. The molecule has 0 saturated heterocycles. The lowest BCUT2D eigenvalue weighted by molar-refractivity contribution is -0.113.